The third-order valence-electron chi connectivity index (χ3n) is 3.21. The first-order valence-corrected chi connectivity index (χ1v) is 6.09. The second-order valence-electron chi connectivity index (χ2n) is 4.47. The van der Waals surface area contributed by atoms with Crippen LogP contribution in [0.4, 0.5) is 0 Å². The van der Waals surface area contributed by atoms with E-state index in [0.717, 1.165) is 12.0 Å². The maximum absolute atomic E-state index is 12.0. The Labute approximate surface area is 108 Å². The molecule has 0 radical (unpaired) electrons. The summed E-state index contributed by atoms with van der Waals surface area (Å²) < 4.78 is 5.70. The minimum Gasteiger partial charge on any atom is -0.373 e. The summed E-state index contributed by atoms with van der Waals surface area (Å²) in [7, 11) is 1.72. The van der Waals surface area contributed by atoms with Gasteiger partial charge in [-0.15, -0.1) is 6.42 Å². The molecule has 0 fully saturated rings. The third-order valence-corrected chi connectivity index (χ3v) is 3.21. The zero-order chi connectivity index (χ0) is 13.0. The van der Waals surface area contributed by atoms with Crippen molar-refractivity contribution in [3.63, 3.8) is 0 Å². The van der Waals surface area contributed by atoms with Gasteiger partial charge in [-0.05, 0) is 17.5 Å². The normalized spacial score (nSPS) is 17.7. The largest absolute Gasteiger partial charge is 0.373 e. The third kappa shape index (κ3) is 2.72. The molecule has 1 amide bonds. The smallest absolute Gasteiger partial charge is 0.226 e. The van der Waals surface area contributed by atoms with E-state index in [4.69, 9.17) is 11.2 Å². The molecule has 0 saturated heterocycles. The van der Waals surface area contributed by atoms with Gasteiger partial charge >= 0.3 is 0 Å². The summed E-state index contributed by atoms with van der Waals surface area (Å²) >= 11 is 0. The highest BCUT2D eigenvalue weighted by atomic mass is 16.5. The quantitative estimate of drug-likeness (QED) is 0.757. The van der Waals surface area contributed by atoms with Gasteiger partial charge in [0.05, 0.1) is 25.7 Å². The fraction of sp³-hybridized carbons (Fsp3) is 0.400. The van der Waals surface area contributed by atoms with Crippen molar-refractivity contribution in [2.45, 2.75) is 18.9 Å². The highest BCUT2D eigenvalue weighted by Gasteiger charge is 2.24. The van der Waals surface area contributed by atoms with Crippen LogP contribution < -0.4 is 0 Å². The van der Waals surface area contributed by atoms with Crippen molar-refractivity contribution in [2.24, 2.45) is 0 Å². The molecular weight excluding hydrogens is 226 g/mol. The molecule has 0 saturated carbocycles. The number of hydrogen-bond acceptors (Lipinski definition) is 2. The highest BCUT2D eigenvalue weighted by Crippen LogP contribution is 2.29. The molecule has 1 aromatic carbocycles. The van der Waals surface area contributed by atoms with Crippen LogP contribution in [-0.4, -0.2) is 31.0 Å². The van der Waals surface area contributed by atoms with Gasteiger partial charge in [0.2, 0.25) is 5.91 Å². The Hall–Kier alpha value is -1.79. The molecular formula is C15H17NO2. The lowest BCUT2D eigenvalue weighted by molar-refractivity contribution is -0.132. The van der Waals surface area contributed by atoms with Crippen LogP contribution in [-0.2, 0) is 16.0 Å². The Morgan fingerprint density at radius 2 is 2.33 bits per heavy atom. The number of fused-ring (bicyclic) bond motifs is 1. The Balaban J connectivity index is 2.08. The van der Waals surface area contributed by atoms with E-state index in [9.17, 15) is 4.79 Å². The Bertz CT molecular complexity index is 476. The lowest BCUT2D eigenvalue weighted by atomic mass is 9.95. The van der Waals surface area contributed by atoms with E-state index in [2.05, 4.69) is 12.0 Å². The van der Waals surface area contributed by atoms with Crippen LogP contribution in [0.2, 0.25) is 0 Å². The molecule has 1 atom stereocenters. The molecule has 0 aliphatic carbocycles. The summed E-state index contributed by atoms with van der Waals surface area (Å²) in [5.74, 6) is 2.49. The first kappa shape index (κ1) is 12.7. The van der Waals surface area contributed by atoms with Gasteiger partial charge in [-0.1, -0.05) is 30.2 Å². The first-order valence-electron chi connectivity index (χ1n) is 6.09. The van der Waals surface area contributed by atoms with E-state index in [1.807, 2.05) is 18.2 Å². The Kier molecular flexibility index (Phi) is 4.01. The van der Waals surface area contributed by atoms with Crippen LogP contribution in [0.5, 0.6) is 0 Å². The first-order chi connectivity index (χ1) is 8.72. The van der Waals surface area contributed by atoms with Crippen molar-refractivity contribution >= 4 is 5.91 Å². The van der Waals surface area contributed by atoms with Gasteiger partial charge in [0.25, 0.3) is 0 Å². The van der Waals surface area contributed by atoms with Gasteiger partial charge < -0.3 is 9.64 Å². The average molecular weight is 243 g/mol. The van der Waals surface area contributed by atoms with Crippen LogP contribution in [0.1, 0.15) is 23.7 Å². The van der Waals surface area contributed by atoms with Crippen molar-refractivity contribution < 1.29 is 9.53 Å². The van der Waals surface area contributed by atoms with Gasteiger partial charge in [0.15, 0.2) is 0 Å². The molecule has 1 heterocycles. The number of carbonyl (C=O) groups excluding carboxylic acids is 1. The van der Waals surface area contributed by atoms with Crippen molar-refractivity contribution in [1.29, 1.82) is 0 Å². The number of nitrogens with zero attached hydrogens (tertiary/aromatic N) is 1. The van der Waals surface area contributed by atoms with Gasteiger partial charge in [-0.25, -0.2) is 0 Å². The number of hydrogen-bond donors (Lipinski definition) is 0. The fourth-order valence-electron chi connectivity index (χ4n) is 2.19. The lowest BCUT2D eigenvalue weighted by Gasteiger charge is -2.27. The SMILES string of the molecule is C#CCN(C)C(=O)C[C@@H]1OCCc2ccccc21. The van der Waals surface area contributed by atoms with E-state index >= 15 is 0 Å². The molecule has 1 aliphatic heterocycles. The van der Waals surface area contributed by atoms with Gasteiger partial charge in [-0.2, -0.15) is 0 Å². The average Bonchev–Trinajstić information content (AvgIpc) is 2.39. The number of ether oxygens (including phenoxy) is 1. The zero-order valence-corrected chi connectivity index (χ0v) is 10.6. The number of benzene rings is 1. The van der Waals surface area contributed by atoms with Gasteiger partial charge in [-0.3, -0.25) is 4.79 Å². The van der Waals surface area contributed by atoms with E-state index < -0.39 is 0 Å². The van der Waals surface area contributed by atoms with Crippen molar-refractivity contribution in [2.75, 3.05) is 20.2 Å². The van der Waals surface area contributed by atoms with Gasteiger partial charge in [0.1, 0.15) is 0 Å². The fourth-order valence-corrected chi connectivity index (χ4v) is 2.19. The topological polar surface area (TPSA) is 29.5 Å². The maximum atomic E-state index is 12.0. The van der Waals surface area contributed by atoms with Crippen molar-refractivity contribution in [3.05, 3.63) is 35.4 Å². The highest BCUT2D eigenvalue weighted by molar-refractivity contribution is 5.77. The van der Waals surface area contributed by atoms with Crippen LogP contribution in [0.25, 0.3) is 0 Å². The minimum absolute atomic E-state index is 0.0228. The second-order valence-corrected chi connectivity index (χ2v) is 4.47. The van der Waals surface area contributed by atoms with E-state index in [-0.39, 0.29) is 12.0 Å². The molecule has 3 heteroatoms. The monoisotopic (exact) mass is 243 g/mol. The summed E-state index contributed by atoms with van der Waals surface area (Å²) in [5, 5.41) is 0. The summed E-state index contributed by atoms with van der Waals surface area (Å²) in [6, 6.07) is 8.14. The van der Waals surface area contributed by atoms with E-state index in [1.54, 1.807) is 11.9 Å². The molecule has 0 N–H and O–H groups in total. The van der Waals surface area contributed by atoms with E-state index in [1.165, 1.54) is 5.56 Å². The number of amides is 1. The molecule has 1 aromatic rings. The zero-order valence-electron chi connectivity index (χ0n) is 10.6. The minimum atomic E-state index is -0.136. The number of carbonyl (C=O) groups is 1. The lowest BCUT2D eigenvalue weighted by Crippen LogP contribution is -2.30. The molecule has 2 rings (SSSR count). The summed E-state index contributed by atoms with van der Waals surface area (Å²) in [6.07, 6.45) is 6.34. The second kappa shape index (κ2) is 5.70. The summed E-state index contributed by atoms with van der Waals surface area (Å²) in [6.45, 7) is 1.01. The molecule has 18 heavy (non-hydrogen) atoms. The van der Waals surface area contributed by atoms with Gasteiger partial charge in [0, 0.05) is 7.05 Å². The molecule has 0 aromatic heterocycles. The van der Waals surface area contributed by atoms with Crippen molar-refractivity contribution in [1.82, 2.24) is 4.90 Å². The van der Waals surface area contributed by atoms with Crippen molar-refractivity contribution in [3.8, 4) is 12.3 Å². The van der Waals surface area contributed by atoms with Crippen LogP contribution in [0.3, 0.4) is 0 Å². The predicted molar refractivity (Wildman–Crippen MR) is 69.9 cm³/mol. The molecule has 94 valence electrons. The molecule has 3 nitrogen and oxygen atoms in total. The summed E-state index contributed by atoms with van der Waals surface area (Å²) in [4.78, 5) is 13.5. The van der Waals surface area contributed by atoms with E-state index in [0.29, 0.717) is 19.6 Å². The Morgan fingerprint density at radius 3 is 3.11 bits per heavy atom. The molecule has 0 spiro atoms. The van der Waals surface area contributed by atoms with Crippen LogP contribution >= 0.6 is 0 Å². The molecule has 1 aliphatic rings. The number of terminal acetylenes is 1. The Morgan fingerprint density at radius 1 is 1.56 bits per heavy atom. The molecule has 0 bridgehead atoms. The standard InChI is InChI=1S/C15H17NO2/c1-3-9-16(2)15(17)11-14-13-7-5-4-6-12(13)8-10-18-14/h1,4-7,14H,8-11H2,2H3/t14-/m0/s1. The van der Waals surface area contributed by atoms with Crippen LogP contribution in [0.15, 0.2) is 24.3 Å². The summed E-state index contributed by atoms with van der Waals surface area (Å²) in [5.41, 5.74) is 2.41. The maximum Gasteiger partial charge on any atom is 0.226 e. The van der Waals surface area contributed by atoms with Crippen LogP contribution in [0, 0.1) is 12.3 Å². The molecule has 0 unspecified atom stereocenters. The predicted octanol–water partition coefficient (Wildman–Crippen LogP) is 1.78. The number of rotatable bonds is 3.